The van der Waals surface area contributed by atoms with Crippen LogP contribution < -0.4 is 5.73 Å². The summed E-state index contributed by atoms with van der Waals surface area (Å²) in [5.74, 6) is 0.713. The molecule has 2 N–H and O–H groups in total. The summed E-state index contributed by atoms with van der Waals surface area (Å²) in [6.07, 6.45) is 1.96. The van der Waals surface area contributed by atoms with Crippen LogP contribution in [0.15, 0.2) is 34.2 Å². The number of piperidine rings is 1. The largest absolute Gasteiger partial charge is 0.369 e. The zero-order chi connectivity index (χ0) is 21.4. The van der Waals surface area contributed by atoms with Crippen molar-refractivity contribution in [3.8, 4) is 0 Å². The van der Waals surface area contributed by atoms with Crippen molar-refractivity contribution in [2.24, 2.45) is 22.6 Å². The van der Waals surface area contributed by atoms with Gasteiger partial charge in [-0.05, 0) is 50.2 Å². The normalized spacial score (nSPS) is 24.4. The van der Waals surface area contributed by atoms with Gasteiger partial charge in [0.2, 0.25) is 10.0 Å². The fourth-order valence-electron chi connectivity index (χ4n) is 4.24. The Hall–Kier alpha value is -1.64. The molecule has 0 aliphatic carbocycles. The van der Waals surface area contributed by atoms with Crippen molar-refractivity contribution in [2.75, 3.05) is 19.6 Å². The molecule has 0 bridgehead atoms. The van der Waals surface area contributed by atoms with E-state index < -0.39 is 15.6 Å². The van der Waals surface area contributed by atoms with E-state index in [0.29, 0.717) is 44.8 Å². The van der Waals surface area contributed by atoms with Gasteiger partial charge in [0.15, 0.2) is 5.96 Å². The first-order valence-electron chi connectivity index (χ1n) is 9.96. The van der Waals surface area contributed by atoms with E-state index in [1.54, 1.807) is 23.1 Å². The standard InChI is InChI=1S/C20H29ClN4O3S/c1-14(2)12-20(3)18(26)25(19(22)23-20)13-15-8-10-24(11-9-15)29(27,28)17-7-5-4-6-16(17)21/h4-7,14-15H,8-13H2,1-3H3,(H2,22,23). The lowest BCUT2D eigenvalue weighted by atomic mass is 9.90. The van der Waals surface area contributed by atoms with Gasteiger partial charge in [0.05, 0.1) is 5.02 Å². The third kappa shape index (κ3) is 4.44. The van der Waals surface area contributed by atoms with Crippen molar-refractivity contribution in [3.63, 3.8) is 0 Å². The second kappa shape index (κ2) is 8.24. The molecule has 29 heavy (non-hydrogen) atoms. The number of guanidine groups is 1. The Morgan fingerprint density at radius 2 is 1.90 bits per heavy atom. The van der Waals surface area contributed by atoms with Gasteiger partial charge in [-0.1, -0.05) is 37.6 Å². The quantitative estimate of drug-likeness (QED) is 0.735. The van der Waals surface area contributed by atoms with Gasteiger partial charge in [0.1, 0.15) is 10.4 Å². The van der Waals surface area contributed by atoms with Gasteiger partial charge in [-0.2, -0.15) is 4.31 Å². The van der Waals surface area contributed by atoms with Crippen LogP contribution in [0, 0.1) is 11.8 Å². The molecule has 9 heteroatoms. The van der Waals surface area contributed by atoms with E-state index in [1.165, 1.54) is 10.4 Å². The predicted molar refractivity (Wildman–Crippen MR) is 114 cm³/mol. The lowest BCUT2D eigenvalue weighted by Gasteiger charge is -2.33. The number of rotatable bonds is 6. The first-order valence-corrected chi connectivity index (χ1v) is 11.8. The number of carbonyl (C=O) groups excluding carboxylic acids is 1. The molecule has 1 aromatic rings. The van der Waals surface area contributed by atoms with Crippen LogP contribution in [0.2, 0.25) is 5.02 Å². The van der Waals surface area contributed by atoms with Crippen LogP contribution >= 0.6 is 11.6 Å². The first kappa shape index (κ1) is 22.1. The van der Waals surface area contributed by atoms with Gasteiger partial charge in [-0.15, -0.1) is 0 Å². The van der Waals surface area contributed by atoms with Crippen molar-refractivity contribution >= 4 is 33.5 Å². The van der Waals surface area contributed by atoms with E-state index in [4.69, 9.17) is 17.3 Å². The summed E-state index contributed by atoms with van der Waals surface area (Å²) in [7, 11) is -3.62. The molecule has 1 atom stereocenters. The number of amides is 1. The number of benzene rings is 1. The molecule has 0 spiro atoms. The molecule has 7 nitrogen and oxygen atoms in total. The van der Waals surface area contributed by atoms with E-state index in [0.717, 1.165) is 0 Å². The van der Waals surface area contributed by atoms with Gasteiger partial charge in [0, 0.05) is 19.6 Å². The molecular formula is C20H29ClN4O3S. The molecule has 1 amide bonds. The van der Waals surface area contributed by atoms with Crippen LogP contribution in [0.3, 0.4) is 0 Å². The van der Waals surface area contributed by atoms with E-state index in [-0.39, 0.29) is 27.7 Å². The third-order valence-electron chi connectivity index (χ3n) is 5.62. The zero-order valence-corrected chi connectivity index (χ0v) is 18.7. The SMILES string of the molecule is CC(C)CC1(C)N=C(N)N(CC2CCN(S(=O)(=O)c3ccccc3Cl)CC2)C1=O. The average molecular weight is 441 g/mol. The minimum atomic E-state index is -3.62. The molecule has 1 fully saturated rings. The van der Waals surface area contributed by atoms with Crippen molar-refractivity contribution < 1.29 is 13.2 Å². The molecule has 1 unspecified atom stereocenters. The summed E-state index contributed by atoms with van der Waals surface area (Å²) in [6, 6.07) is 6.48. The minimum absolute atomic E-state index is 0.0604. The Balaban J connectivity index is 1.63. The van der Waals surface area contributed by atoms with E-state index in [9.17, 15) is 13.2 Å². The van der Waals surface area contributed by atoms with Crippen LogP contribution in [-0.4, -0.2) is 54.7 Å². The number of hydrogen-bond acceptors (Lipinski definition) is 5. The lowest BCUT2D eigenvalue weighted by Crippen LogP contribution is -2.47. The Morgan fingerprint density at radius 1 is 1.28 bits per heavy atom. The molecular weight excluding hydrogens is 412 g/mol. The zero-order valence-electron chi connectivity index (χ0n) is 17.1. The summed E-state index contributed by atoms with van der Waals surface area (Å²) in [6.45, 7) is 7.20. The number of sulfonamides is 1. The Kier molecular flexibility index (Phi) is 6.27. The van der Waals surface area contributed by atoms with Crippen molar-refractivity contribution in [1.29, 1.82) is 0 Å². The van der Waals surface area contributed by atoms with E-state index >= 15 is 0 Å². The second-order valence-corrected chi connectivity index (χ2v) is 10.8. The molecule has 2 aliphatic rings. The molecule has 0 saturated carbocycles. The second-order valence-electron chi connectivity index (χ2n) is 8.54. The Labute approximate surface area is 178 Å². The number of aliphatic imine (C=N–C) groups is 1. The average Bonchev–Trinajstić information content (AvgIpc) is 2.84. The molecule has 160 valence electrons. The molecule has 2 heterocycles. The number of carbonyl (C=O) groups is 1. The summed E-state index contributed by atoms with van der Waals surface area (Å²) in [4.78, 5) is 19.1. The van der Waals surface area contributed by atoms with Crippen LogP contribution in [0.4, 0.5) is 0 Å². The highest BCUT2D eigenvalue weighted by Crippen LogP contribution is 2.32. The predicted octanol–water partition coefficient (Wildman–Crippen LogP) is 2.70. The van der Waals surface area contributed by atoms with Gasteiger partial charge in [-0.25, -0.2) is 13.4 Å². The highest BCUT2D eigenvalue weighted by Gasteiger charge is 2.45. The number of nitrogens with two attached hydrogens (primary N) is 1. The fourth-order valence-corrected chi connectivity index (χ4v) is 6.21. The molecule has 2 aliphatic heterocycles. The van der Waals surface area contributed by atoms with Crippen LogP contribution in [0.25, 0.3) is 0 Å². The summed E-state index contributed by atoms with van der Waals surface area (Å²) in [5.41, 5.74) is 5.26. The molecule has 0 aromatic heterocycles. The first-order chi connectivity index (χ1) is 13.5. The molecule has 1 saturated heterocycles. The summed E-state index contributed by atoms with van der Waals surface area (Å²) < 4.78 is 27.2. The number of nitrogens with zero attached hydrogens (tertiary/aromatic N) is 3. The van der Waals surface area contributed by atoms with Crippen molar-refractivity contribution in [1.82, 2.24) is 9.21 Å². The van der Waals surface area contributed by atoms with Crippen molar-refractivity contribution in [2.45, 2.75) is 50.5 Å². The topological polar surface area (TPSA) is 96.1 Å². The summed E-state index contributed by atoms with van der Waals surface area (Å²) >= 11 is 6.09. The van der Waals surface area contributed by atoms with E-state index in [1.807, 2.05) is 6.92 Å². The Bertz CT molecular complexity index is 910. The lowest BCUT2D eigenvalue weighted by molar-refractivity contribution is -0.131. The maximum Gasteiger partial charge on any atom is 0.257 e. The van der Waals surface area contributed by atoms with Gasteiger partial charge < -0.3 is 5.73 Å². The maximum atomic E-state index is 12.9. The summed E-state index contributed by atoms with van der Waals surface area (Å²) in [5, 5.41) is 0.228. The number of halogens is 1. The fraction of sp³-hybridized carbons (Fsp3) is 0.600. The maximum absolute atomic E-state index is 12.9. The number of hydrogen-bond donors (Lipinski definition) is 1. The van der Waals surface area contributed by atoms with Gasteiger partial charge in [-0.3, -0.25) is 9.69 Å². The van der Waals surface area contributed by atoms with Crippen molar-refractivity contribution in [3.05, 3.63) is 29.3 Å². The van der Waals surface area contributed by atoms with E-state index in [2.05, 4.69) is 18.8 Å². The Morgan fingerprint density at radius 3 is 2.48 bits per heavy atom. The molecule has 3 rings (SSSR count). The molecule has 1 aromatic carbocycles. The minimum Gasteiger partial charge on any atom is -0.369 e. The van der Waals surface area contributed by atoms with Crippen LogP contribution in [-0.2, 0) is 14.8 Å². The van der Waals surface area contributed by atoms with Gasteiger partial charge in [0.25, 0.3) is 5.91 Å². The molecule has 0 radical (unpaired) electrons. The van der Waals surface area contributed by atoms with Crippen LogP contribution in [0.5, 0.6) is 0 Å². The van der Waals surface area contributed by atoms with Gasteiger partial charge >= 0.3 is 0 Å². The highest BCUT2D eigenvalue weighted by molar-refractivity contribution is 7.89. The monoisotopic (exact) mass is 440 g/mol. The van der Waals surface area contributed by atoms with Crippen LogP contribution in [0.1, 0.15) is 40.0 Å². The smallest absolute Gasteiger partial charge is 0.257 e. The third-order valence-corrected chi connectivity index (χ3v) is 8.02. The highest BCUT2D eigenvalue weighted by atomic mass is 35.5.